The summed E-state index contributed by atoms with van der Waals surface area (Å²) in [5.41, 5.74) is 4.77. The molecule has 0 radical (unpaired) electrons. The Labute approximate surface area is 215 Å². The second-order valence-electron chi connectivity index (χ2n) is 8.41. The Morgan fingerprint density at radius 1 is 1.06 bits per heavy atom. The zero-order valence-electron chi connectivity index (χ0n) is 19.6. The second-order valence-corrected chi connectivity index (χ2v) is 9.41. The number of hydrogen-bond donors (Lipinski definition) is 2. The zero-order valence-corrected chi connectivity index (χ0v) is 21.3. The van der Waals surface area contributed by atoms with E-state index in [4.69, 9.17) is 4.74 Å². The number of benzene rings is 3. The number of ether oxygens (including phenoxy) is 1. The van der Waals surface area contributed by atoms with Crippen LogP contribution in [-0.4, -0.2) is 49.1 Å². The molecule has 2 heterocycles. The first-order valence-corrected chi connectivity index (χ1v) is 12.4. The highest BCUT2D eigenvalue weighted by Gasteiger charge is 2.16. The number of nitrogens with zero attached hydrogens (tertiary/aromatic N) is 2. The Balaban J connectivity index is 0.00000289. The first-order chi connectivity index (χ1) is 16.7. The Kier molecular flexibility index (Phi) is 8.36. The van der Waals surface area contributed by atoms with Crippen molar-refractivity contribution in [2.24, 2.45) is 0 Å². The third-order valence-corrected chi connectivity index (χ3v) is 7.09. The summed E-state index contributed by atoms with van der Waals surface area (Å²) in [6.45, 7) is 5.17. The standard InChI is InChI=1S/C27H28N4O2S.ClH/c1-33-23-13-12-22(20-6-3-2-4-7-20)25-24(23)29-27(34-25)30-26(32)21-10-8-19(9-11-21)18-31-16-5-14-28-15-17-31;/h2-4,6-13,28H,5,14-18H2,1H3,(H,29,30,32);1H. The molecule has 0 atom stereocenters. The van der Waals surface area contributed by atoms with Gasteiger partial charge in [-0.3, -0.25) is 15.0 Å². The maximum absolute atomic E-state index is 13.0. The summed E-state index contributed by atoms with van der Waals surface area (Å²) in [5, 5.41) is 6.97. The molecule has 0 spiro atoms. The largest absolute Gasteiger partial charge is 0.494 e. The van der Waals surface area contributed by atoms with Crippen LogP contribution in [0.2, 0.25) is 0 Å². The molecule has 0 aliphatic carbocycles. The maximum Gasteiger partial charge on any atom is 0.257 e. The fraction of sp³-hybridized carbons (Fsp3) is 0.259. The lowest BCUT2D eigenvalue weighted by atomic mass is 10.1. The van der Waals surface area contributed by atoms with Gasteiger partial charge < -0.3 is 10.1 Å². The van der Waals surface area contributed by atoms with Gasteiger partial charge in [0.05, 0.1) is 11.8 Å². The predicted octanol–water partition coefficient (Wildman–Crippen LogP) is 5.44. The van der Waals surface area contributed by atoms with Crippen molar-refractivity contribution in [1.29, 1.82) is 0 Å². The average Bonchev–Trinajstić information content (AvgIpc) is 3.12. The van der Waals surface area contributed by atoms with Crippen molar-refractivity contribution in [3.63, 3.8) is 0 Å². The third kappa shape index (κ3) is 5.82. The molecule has 1 aliphatic heterocycles. The molecule has 3 aromatic carbocycles. The predicted molar refractivity (Wildman–Crippen MR) is 146 cm³/mol. The maximum atomic E-state index is 13.0. The minimum Gasteiger partial charge on any atom is -0.494 e. The van der Waals surface area contributed by atoms with Gasteiger partial charge in [0.2, 0.25) is 0 Å². The molecular formula is C27H29ClN4O2S. The Hall–Kier alpha value is -2.97. The number of nitrogens with one attached hydrogen (secondary N) is 2. The van der Waals surface area contributed by atoms with Crippen molar-refractivity contribution < 1.29 is 9.53 Å². The molecule has 6 nitrogen and oxygen atoms in total. The number of aromatic nitrogens is 1. The number of anilines is 1. The molecule has 8 heteroatoms. The Morgan fingerprint density at radius 2 is 1.86 bits per heavy atom. The summed E-state index contributed by atoms with van der Waals surface area (Å²) in [4.78, 5) is 20.1. The number of halogens is 1. The normalized spacial score (nSPS) is 14.2. The third-order valence-electron chi connectivity index (χ3n) is 6.09. The van der Waals surface area contributed by atoms with Crippen LogP contribution < -0.4 is 15.4 Å². The molecule has 0 saturated carbocycles. The van der Waals surface area contributed by atoms with Crippen molar-refractivity contribution in [3.8, 4) is 16.9 Å². The Bertz CT molecular complexity index is 1270. The highest BCUT2D eigenvalue weighted by Crippen LogP contribution is 2.39. The van der Waals surface area contributed by atoms with Crippen LogP contribution in [0.5, 0.6) is 5.75 Å². The quantitative estimate of drug-likeness (QED) is 0.363. The number of carbonyl (C=O) groups is 1. The summed E-state index contributed by atoms with van der Waals surface area (Å²) in [7, 11) is 1.64. The minimum absolute atomic E-state index is 0. The number of thiazole rings is 1. The topological polar surface area (TPSA) is 66.5 Å². The zero-order chi connectivity index (χ0) is 23.3. The SMILES string of the molecule is COc1ccc(-c2ccccc2)c2sc(NC(=O)c3ccc(CN4CCCNCC4)cc3)nc12.Cl. The van der Waals surface area contributed by atoms with Gasteiger partial charge in [-0.25, -0.2) is 4.98 Å². The molecule has 1 fully saturated rings. The van der Waals surface area contributed by atoms with Crippen molar-refractivity contribution in [2.75, 3.05) is 38.6 Å². The van der Waals surface area contributed by atoms with Crippen LogP contribution in [-0.2, 0) is 6.54 Å². The van der Waals surface area contributed by atoms with Crippen LogP contribution >= 0.6 is 23.7 Å². The van der Waals surface area contributed by atoms with E-state index < -0.39 is 0 Å². The summed E-state index contributed by atoms with van der Waals surface area (Å²) < 4.78 is 6.52. The molecule has 4 aromatic rings. The fourth-order valence-corrected chi connectivity index (χ4v) is 5.31. The van der Waals surface area contributed by atoms with E-state index in [-0.39, 0.29) is 18.3 Å². The van der Waals surface area contributed by atoms with E-state index in [0.29, 0.717) is 16.4 Å². The van der Waals surface area contributed by atoms with Gasteiger partial charge >= 0.3 is 0 Å². The first kappa shape index (κ1) is 25.1. The van der Waals surface area contributed by atoms with Gasteiger partial charge in [0, 0.05) is 30.8 Å². The van der Waals surface area contributed by atoms with E-state index in [1.54, 1.807) is 7.11 Å². The van der Waals surface area contributed by atoms with Crippen molar-refractivity contribution >= 4 is 45.0 Å². The van der Waals surface area contributed by atoms with E-state index in [0.717, 1.165) is 54.1 Å². The van der Waals surface area contributed by atoms with Crippen LogP contribution in [0.25, 0.3) is 21.3 Å². The van der Waals surface area contributed by atoms with Gasteiger partial charge in [-0.1, -0.05) is 53.8 Å². The van der Waals surface area contributed by atoms with Crippen LogP contribution in [0.15, 0.2) is 66.7 Å². The van der Waals surface area contributed by atoms with E-state index in [2.05, 4.69) is 32.7 Å². The highest BCUT2D eigenvalue weighted by atomic mass is 35.5. The van der Waals surface area contributed by atoms with Crippen molar-refractivity contribution in [1.82, 2.24) is 15.2 Å². The van der Waals surface area contributed by atoms with Crippen LogP contribution in [0.1, 0.15) is 22.3 Å². The van der Waals surface area contributed by atoms with Gasteiger partial charge in [0.15, 0.2) is 5.13 Å². The van der Waals surface area contributed by atoms with E-state index in [1.807, 2.05) is 54.6 Å². The van der Waals surface area contributed by atoms with E-state index >= 15 is 0 Å². The van der Waals surface area contributed by atoms with Crippen LogP contribution in [0, 0.1) is 0 Å². The molecule has 1 aliphatic rings. The lowest BCUT2D eigenvalue weighted by molar-refractivity contribution is 0.102. The van der Waals surface area contributed by atoms with Crippen LogP contribution in [0.4, 0.5) is 5.13 Å². The Morgan fingerprint density at radius 3 is 2.63 bits per heavy atom. The summed E-state index contributed by atoms with van der Waals surface area (Å²) >= 11 is 1.46. The van der Waals surface area contributed by atoms with Gasteiger partial charge in [0.25, 0.3) is 5.91 Å². The van der Waals surface area contributed by atoms with Crippen LogP contribution in [0.3, 0.4) is 0 Å². The van der Waals surface area contributed by atoms with Gasteiger partial charge in [0.1, 0.15) is 11.3 Å². The van der Waals surface area contributed by atoms with Crippen molar-refractivity contribution in [2.45, 2.75) is 13.0 Å². The molecule has 5 rings (SSSR count). The summed E-state index contributed by atoms with van der Waals surface area (Å²) in [5.74, 6) is 0.532. The minimum atomic E-state index is -0.162. The van der Waals surface area contributed by atoms with Crippen molar-refractivity contribution in [3.05, 3.63) is 77.9 Å². The lowest BCUT2D eigenvalue weighted by Crippen LogP contribution is -2.27. The molecule has 182 valence electrons. The number of rotatable bonds is 6. The number of fused-ring (bicyclic) bond motifs is 1. The van der Waals surface area contributed by atoms with E-state index in [9.17, 15) is 4.79 Å². The monoisotopic (exact) mass is 508 g/mol. The van der Waals surface area contributed by atoms with Gasteiger partial charge in [-0.15, -0.1) is 12.4 Å². The van der Waals surface area contributed by atoms with Gasteiger partial charge in [-0.2, -0.15) is 0 Å². The molecule has 1 aromatic heterocycles. The summed E-state index contributed by atoms with van der Waals surface area (Å²) in [6.07, 6.45) is 1.17. The average molecular weight is 509 g/mol. The molecule has 35 heavy (non-hydrogen) atoms. The smallest absolute Gasteiger partial charge is 0.257 e. The number of carbonyl (C=O) groups excluding carboxylic acids is 1. The molecule has 1 saturated heterocycles. The molecular weight excluding hydrogens is 480 g/mol. The lowest BCUT2D eigenvalue weighted by Gasteiger charge is -2.19. The molecule has 0 bridgehead atoms. The first-order valence-electron chi connectivity index (χ1n) is 11.6. The molecule has 1 amide bonds. The number of hydrogen-bond acceptors (Lipinski definition) is 6. The molecule has 0 unspecified atom stereocenters. The number of methoxy groups -OCH3 is 1. The molecule has 2 N–H and O–H groups in total. The fourth-order valence-electron chi connectivity index (χ4n) is 4.30. The summed E-state index contributed by atoms with van der Waals surface area (Å²) in [6, 6.07) is 22.0. The number of amides is 1. The highest BCUT2D eigenvalue weighted by molar-refractivity contribution is 7.23. The van der Waals surface area contributed by atoms with Gasteiger partial charge in [-0.05, 0) is 54.9 Å². The second kappa shape index (κ2) is 11.6. The van der Waals surface area contributed by atoms with E-state index in [1.165, 1.54) is 23.3 Å².